The smallest absolute Gasteiger partial charge is 0.317 e. The van der Waals surface area contributed by atoms with Gasteiger partial charge in [0.2, 0.25) is 0 Å². The molecular weight excluding hydrogens is 224 g/mol. The van der Waals surface area contributed by atoms with Gasteiger partial charge in [-0.2, -0.15) is 0 Å². The molecule has 2 unspecified atom stereocenters. The van der Waals surface area contributed by atoms with Crippen LogP contribution in [0.15, 0.2) is 0 Å². The first-order valence-electron chi connectivity index (χ1n) is 5.85. The average molecular weight is 244 g/mol. The third kappa shape index (κ3) is 3.33. The number of carbonyl (C=O) groups is 2. The first kappa shape index (κ1) is 13.8. The molecule has 0 radical (unpaired) electrons. The van der Waals surface area contributed by atoms with Crippen LogP contribution in [0.4, 0.5) is 4.79 Å². The van der Waals surface area contributed by atoms with E-state index in [-0.39, 0.29) is 25.3 Å². The van der Waals surface area contributed by atoms with Gasteiger partial charge in [0.25, 0.3) is 0 Å². The number of rotatable bonds is 4. The van der Waals surface area contributed by atoms with Gasteiger partial charge in [0.15, 0.2) is 0 Å². The number of nitrogens with zero attached hydrogens (tertiary/aromatic N) is 1. The third-order valence-corrected chi connectivity index (χ3v) is 2.93. The molecule has 98 valence electrons. The van der Waals surface area contributed by atoms with E-state index in [9.17, 15) is 9.59 Å². The van der Waals surface area contributed by atoms with E-state index in [1.54, 1.807) is 4.90 Å². The topological polar surface area (TPSA) is 78.9 Å². The number of nitrogens with one attached hydrogen (secondary N) is 1. The van der Waals surface area contributed by atoms with Crippen molar-refractivity contribution in [2.75, 3.05) is 19.8 Å². The molecule has 6 heteroatoms. The molecule has 0 spiro atoms. The van der Waals surface area contributed by atoms with Gasteiger partial charge in [0.1, 0.15) is 5.92 Å². The molecule has 2 atom stereocenters. The second kappa shape index (κ2) is 5.86. The number of amides is 2. The van der Waals surface area contributed by atoms with Crippen LogP contribution in [0.25, 0.3) is 0 Å². The highest BCUT2D eigenvalue weighted by Crippen LogP contribution is 2.14. The number of urea groups is 1. The van der Waals surface area contributed by atoms with Crippen molar-refractivity contribution in [3.05, 3.63) is 0 Å². The fourth-order valence-corrected chi connectivity index (χ4v) is 1.92. The van der Waals surface area contributed by atoms with Crippen molar-refractivity contribution in [1.82, 2.24) is 10.2 Å². The summed E-state index contributed by atoms with van der Waals surface area (Å²) in [5.41, 5.74) is 0. The van der Waals surface area contributed by atoms with Crippen molar-refractivity contribution in [3.8, 4) is 0 Å². The maximum absolute atomic E-state index is 11.9. The SMILES string of the molecule is CCN(C(=O)NC1COCC1C(=O)O)C(C)C. The molecule has 1 rings (SSSR count). The number of hydrogen-bond acceptors (Lipinski definition) is 3. The van der Waals surface area contributed by atoms with Crippen molar-refractivity contribution in [2.24, 2.45) is 5.92 Å². The van der Waals surface area contributed by atoms with E-state index in [1.807, 2.05) is 20.8 Å². The predicted molar refractivity (Wildman–Crippen MR) is 61.8 cm³/mol. The number of aliphatic carboxylic acids is 1. The van der Waals surface area contributed by atoms with E-state index in [0.29, 0.717) is 6.54 Å². The highest BCUT2D eigenvalue weighted by atomic mass is 16.5. The van der Waals surface area contributed by atoms with Crippen molar-refractivity contribution in [3.63, 3.8) is 0 Å². The molecule has 6 nitrogen and oxygen atoms in total. The maximum atomic E-state index is 11.9. The lowest BCUT2D eigenvalue weighted by atomic mass is 10.0. The molecule has 1 aliphatic rings. The lowest BCUT2D eigenvalue weighted by Gasteiger charge is -2.27. The van der Waals surface area contributed by atoms with Crippen LogP contribution in [0, 0.1) is 5.92 Å². The van der Waals surface area contributed by atoms with E-state index in [0.717, 1.165) is 0 Å². The normalized spacial score (nSPS) is 23.8. The first-order chi connectivity index (χ1) is 7.97. The molecule has 2 amide bonds. The molecule has 0 aromatic rings. The molecule has 0 aromatic carbocycles. The number of carboxylic acids is 1. The van der Waals surface area contributed by atoms with Crippen LogP contribution >= 0.6 is 0 Å². The van der Waals surface area contributed by atoms with Crippen molar-refractivity contribution >= 4 is 12.0 Å². The Bertz CT molecular complexity index is 293. The fraction of sp³-hybridized carbons (Fsp3) is 0.818. The van der Waals surface area contributed by atoms with E-state index >= 15 is 0 Å². The van der Waals surface area contributed by atoms with Gasteiger partial charge in [0, 0.05) is 12.6 Å². The Morgan fingerprint density at radius 1 is 1.47 bits per heavy atom. The second-order valence-corrected chi connectivity index (χ2v) is 4.42. The lowest BCUT2D eigenvalue weighted by Crippen LogP contribution is -2.50. The molecule has 0 bridgehead atoms. The highest BCUT2D eigenvalue weighted by Gasteiger charge is 2.35. The lowest BCUT2D eigenvalue weighted by molar-refractivity contribution is -0.142. The molecule has 2 N–H and O–H groups in total. The van der Waals surface area contributed by atoms with Gasteiger partial charge < -0.3 is 20.1 Å². The standard InChI is InChI=1S/C11H20N2O4/c1-4-13(7(2)3)11(16)12-9-6-17-5-8(9)10(14)15/h7-9H,4-6H2,1-3H3,(H,12,16)(H,14,15). The molecule has 17 heavy (non-hydrogen) atoms. The summed E-state index contributed by atoms with van der Waals surface area (Å²) < 4.78 is 5.09. The highest BCUT2D eigenvalue weighted by molar-refractivity contribution is 5.77. The summed E-state index contributed by atoms with van der Waals surface area (Å²) in [5, 5.41) is 11.7. The van der Waals surface area contributed by atoms with Crippen LogP contribution in [-0.4, -0.2) is 53.8 Å². The Morgan fingerprint density at radius 3 is 2.59 bits per heavy atom. The summed E-state index contributed by atoms with van der Waals surface area (Å²) in [4.78, 5) is 24.5. The average Bonchev–Trinajstić information content (AvgIpc) is 2.66. The Kier molecular flexibility index (Phi) is 4.74. The van der Waals surface area contributed by atoms with Crippen LogP contribution in [0.1, 0.15) is 20.8 Å². The second-order valence-electron chi connectivity index (χ2n) is 4.42. The van der Waals surface area contributed by atoms with E-state index in [2.05, 4.69) is 5.32 Å². The molecule has 1 saturated heterocycles. The minimum Gasteiger partial charge on any atom is -0.481 e. The van der Waals surface area contributed by atoms with E-state index < -0.39 is 17.9 Å². The Balaban J connectivity index is 2.58. The quantitative estimate of drug-likeness (QED) is 0.756. The van der Waals surface area contributed by atoms with E-state index in [4.69, 9.17) is 9.84 Å². The van der Waals surface area contributed by atoms with Crippen LogP contribution in [0.5, 0.6) is 0 Å². The zero-order chi connectivity index (χ0) is 13.0. The molecule has 0 aromatic heterocycles. The minimum absolute atomic E-state index is 0.0885. The van der Waals surface area contributed by atoms with Crippen molar-refractivity contribution in [1.29, 1.82) is 0 Å². The van der Waals surface area contributed by atoms with Gasteiger partial charge >= 0.3 is 12.0 Å². The molecule has 1 fully saturated rings. The summed E-state index contributed by atoms with van der Waals surface area (Å²) in [5.74, 6) is -1.58. The van der Waals surface area contributed by atoms with Crippen LogP contribution in [-0.2, 0) is 9.53 Å². The summed E-state index contributed by atoms with van der Waals surface area (Å²) in [6.45, 7) is 6.74. The van der Waals surface area contributed by atoms with Gasteiger partial charge in [-0.3, -0.25) is 4.79 Å². The molecule has 0 saturated carbocycles. The molecule has 1 aliphatic heterocycles. The summed E-state index contributed by atoms with van der Waals surface area (Å²) in [6.07, 6.45) is 0. The predicted octanol–water partition coefficient (Wildman–Crippen LogP) is 0.526. The van der Waals surface area contributed by atoms with E-state index in [1.165, 1.54) is 0 Å². The zero-order valence-corrected chi connectivity index (χ0v) is 10.5. The Hall–Kier alpha value is -1.30. The minimum atomic E-state index is -0.930. The summed E-state index contributed by atoms with van der Waals surface area (Å²) >= 11 is 0. The number of hydrogen-bond donors (Lipinski definition) is 2. The number of ether oxygens (including phenoxy) is 1. The van der Waals surface area contributed by atoms with Crippen LogP contribution in [0.3, 0.4) is 0 Å². The largest absolute Gasteiger partial charge is 0.481 e. The van der Waals surface area contributed by atoms with Gasteiger partial charge in [-0.15, -0.1) is 0 Å². The van der Waals surface area contributed by atoms with Gasteiger partial charge in [-0.25, -0.2) is 4.79 Å². The maximum Gasteiger partial charge on any atom is 0.317 e. The van der Waals surface area contributed by atoms with Gasteiger partial charge in [0.05, 0.1) is 19.3 Å². The molecule has 1 heterocycles. The summed E-state index contributed by atoms with van der Waals surface area (Å²) in [6, 6.07) is -0.581. The van der Waals surface area contributed by atoms with Gasteiger partial charge in [-0.1, -0.05) is 0 Å². The Morgan fingerprint density at radius 2 is 2.12 bits per heavy atom. The van der Waals surface area contributed by atoms with Crippen LogP contribution < -0.4 is 5.32 Å². The van der Waals surface area contributed by atoms with Crippen LogP contribution in [0.2, 0.25) is 0 Å². The van der Waals surface area contributed by atoms with Crippen molar-refractivity contribution < 1.29 is 19.4 Å². The Labute approximate surface area is 101 Å². The number of carbonyl (C=O) groups excluding carboxylic acids is 1. The zero-order valence-electron chi connectivity index (χ0n) is 10.5. The third-order valence-electron chi connectivity index (χ3n) is 2.93. The molecular formula is C11H20N2O4. The monoisotopic (exact) mass is 244 g/mol. The fourth-order valence-electron chi connectivity index (χ4n) is 1.92. The first-order valence-corrected chi connectivity index (χ1v) is 5.85. The molecule has 0 aliphatic carbocycles. The van der Waals surface area contributed by atoms with Crippen molar-refractivity contribution in [2.45, 2.75) is 32.9 Å². The van der Waals surface area contributed by atoms with Gasteiger partial charge in [-0.05, 0) is 20.8 Å². The summed E-state index contributed by atoms with van der Waals surface area (Å²) in [7, 11) is 0. The number of carboxylic acid groups (broad SMARTS) is 1.